The quantitative estimate of drug-likeness (QED) is 0.751. The maximum absolute atomic E-state index is 13.1. The largest absolute Gasteiger partial charge is 0.340 e. The molecule has 0 unspecified atom stereocenters. The molecule has 8 nitrogen and oxygen atoms in total. The average Bonchev–Trinajstić information content (AvgIpc) is 3.46. The van der Waals surface area contributed by atoms with Crippen LogP contribution in [-0.2, 0) is 6.54 Å². The zero-order chi connectivity index (χ0) is 19.7. The Morgan fingerprint density at radius 3 is 2.70 bits per heavy atom. The van der Waals surface area contributed by atoms with Crippen molar-refractivity contribution >= 4 is 16.9 Å². The van der Waals surface area contributed by atoms with Crippen molar-refractivity contribution < 1.29 is 4.79 Å². The highest BCUT2D eigenvalue weighted by atomic mass is 16.2. The summed E-state index contributed by atoms with van der Waals surface area (Å²) in [4.78, 5) is 46.6. The van der Waals surface area contributed by atoms with E-state index < -0.39 is 11.2 Å². The molecule has 0 spiro atoms. The number of amides is 1. The van der Waals surface area contributed by atoms with Gasteiger partial charge >= 0.3 is 5.69 Å². The molecular weight excluding hydrogens is 346 g/mol. The Bertz CT molecular complexity index is 972. The molecule has 0 atom stereocenters. The number of fused-ring (bicyclic) bond motifs is 1. The van der Waals surface area contributed by atoms with Crippen molar-refractivity contribution in [2.24, 2.45) is 5.92 Å². The van der Waals surface area contributed by atoms with E-state index in [0.29, 0.717) is 36.8 Å². The number of nitrogens with one attached hydrogen (secondary N) is 2. The standard InChI is InChI=1S/C19H27N5O3/c1-11(2)10-24-16-15(17(25)22-19(24)27)13(9-14(21-16)12-5-6-12)18(26)23(4)8-7-20-3/h9,11-12,20H,5-8,10H2,1-4H3,(H,22,25,27). The van der Waals surface area contributed by atoms with E-state index in [1.807, 2.05) is 20.9 Å². The highest BCUT2D eigenvalue weighted by Gasteiger charge is 2.29. The molecule has 1 fully saturated rings. The predicted octanol–water partition coefficient (Wildman–Crippen LogP) is 0.910. The number of hydrogen-bond acceptors (Lipinski definition) is 5. The fourth-order valence-corrected chi connectivity index (χ4v) is 3.17. The highest BCUT2D eigenvalue weighted by molar-refractivity contribution is 6.05. The van der Waals surface area contributed by atoms with Crippen molar-refractivity contribution in [1.82, 2.24) is 24.8 Å². The first-order valence-corrected chi connectivity index (χ1v) is 9.41. The van der Waals surface area contributed by atoms with Crippen molar-refractivity contribution in [3.05, 3.63) is 38.2 Å². The molecule has 0 aliphatic heterocycles. The summed E-state index contributed by atoms with van der Waals surface area (Å²) < 4.78 is 1.48. The molecule has 2 N–H and O–H groups in total. The van der Waals surface area contributed by atoms with Crippen LogP contribution in [-0.4, -0.2) is 52.5 Å². The zero-order valence-corrected chi connectivity index (χ0v) is 16.3. The van der Waals surface area contributed by atoms with E-state index in [0.717, 1.165) is 18.5 Å². The van der Waals surface area contributed by atoms with E-state index in [1.54, 1.807) is 18.0 Å². The number of rotatable bonds is 7. The first-order chi connectivity index (χ1) is 12.8. The van der Waals surface area contributed by atoms with Gasteiger partial charge in [0.2, 0.25) is 0 Å². The van der Waals surface area contributed by atoms with Crippen LogP contribution in [0.4, 0.5) is 0 Å². The number of nitrogens with zero attached hydrogens (tertiary/aromatic N) is 3. The second-order valence-corrected chi connectivity index (χ2v) is 7.66. The number of likely N-dealkylation sites (N-methyl/N-ethyl adjacent to an activating group) is 2. The van der Waals surface area contributed by atoms with Crippen LogP contribution in [0, 0.1) is 5.92 Å². The molecule has 1 aliphatic rings. The molecule has 0 aromatic carbocycles. The topological polar surface area (TPSA) is 100 Å². The Labute approximate surface area is 157 Å². The molecule has 1 aliphatic carbocycles. The van der Waals surface area contributed by atoms with Gasteiger partial charge in [0.15, 0.2) is 5.65 Å². The molecule has 0 radical (unpaired) electrons. The molecule has 2 aromatic rings. The fraction of sp³-hybridized carbons (Fsp3) is 0.579. The average molecular weight is 373 g/mol. The second-order valence-electron chi connectivity index (χ2n) is 7.66. The van der Waals surface area contributed by atoms with Crippen molar-refractivity contribution in [3.63, 3.8) is 0 Å². The first-order valence-electron chi connectivity index (χ1n) is 9.41. The molecule has 3 rings (SSSR count). The van der Waals surface area contributed by atoms with Crippen molar-refractivity contribution in [2.45, 2.75) is 39.2 Å². The number of hydrogen-bond donors (Lipinski definition) is 2. The predicted molar refractivity (Wildman–Crippen MR) is 104 cm³/mol. The van der Waals surface area contributed by atoms with E-state index in [1.165, 1.54) is 4.57 Å². The third-order valence-electron chi connectivity index (χ3n) is 4.79. The molecule has 27 heavy (non-hydrogen) atoms. The Hall–Kier alpha value is -2.48. The van der Waals surface area contributed by atoms with E-state index in [-0.39, 0.29) is 17.2 Å². The highest BCUT2D eigenvalue weighted by Crippen LogP contribution is 2.40. The normalized spacial score (nSPS) is 14.1. The number of carbonyl (C=O) groups excluding carboxylic acids is 1. The van der Waals surface area contributed by atoms with Gasteiger partial charge in [0.1, 0.15) is 0 Å². The van der Waals surface area contributed by atoms with Gasteiger partial charge < -0.3 is 10.2 Å². The lowest BCUT2D eigenvalue weighted by Crippen LogP contribution is -2.36. The summed E-state index contributed by atoms with van der Waals surface area (Å²) >= 11 is 0. The molecular formula is C19H27N5O3. The minimum Gasteiger partial charge on any atom is -0.340 e. The maximum atomic E-state index is 13.1. The van der Waals surface area contributed by atoms with E-state index in [9.17, 15) is 14.4 Å². The summed E-state index contributed by atoms with van der Waals surface area (Å²) in [5.74, 6) is 0.255. The van der Waals surface area contributed by atoms with Crippen LogP contribution in [0.25, 0.3) is 11.0 Å². The monoisotopic (exact) mass is 373 g/mol. The number of H-pyrrole nitrogens is 1. The minimum absolute atomic E-state index is 0.195. The van der Waals surface area contributed by atoms with Gasteiger partial charge in [-0.1, -0.05) is 13.8 Å². The summed E-state index contributed by atoms with van der Waals surface area (Å²) in [5, 5.41) is 3.21. The van der Waals surface area contributed by atoms with Gasteiger partial charge in [-0.15, -0.1) is 0 Å². The van der Waals surface area contributed by atoms with Gasteiger partial charge in [-0.3, -0.25) is 19.1 Å². The number of aromatic nitrogens is 3. The fourth-order valence-electron chi connectivity index (χ4n) is 3.17. The van der Waals surface area contributed by atoms with Crippen LogP contribution < -0.4 is 16.6 Å². The van der Waals surface area contributed by atoms with Crippen LogP contribution in [0.15, 0.2) is 15.7 Å². The van der Waals surface area contributed by atoms with Gasteiger partial charge in [-0.25, -0.2) is 9.78 Å². The Balaban J connectivity index is 2.24. The Kier molecular flexibility index (Phi) is 5.46. The van der Waals surface area contributed by atoms with Crippen LogP contribution >= 0.6 is 0 Å². The van der Waals surface area contributed by atoms with E-state index in [4.69, 9.17) is 0 Å². The van der Waals surface area contributed by atoms with Gasteiger partial charge in [0.25, 0.3) is 11.5 Å². The molecule has 2 aromatic heterocycles. The summed E-state index contributed by atoms with van der Waals surface area (Å²) in [5.41, 5.74) is 0.376. The van der Waals surface area contributed by atoms with Gasteiger partial charge in [-0.2, -0.15) is 0 Å². The summed E-state index contributed by atoms with van der Waals surface area (Å²) in [6, 6.07) is 1.73. The zero-order valence-electron chi connectivity index (χ0n) is 16.3. The lowest BCUT2D eigenvalue weighted by molar-refractivity contribution is 0.0798. The molecule has 0 bridgehead atoms. The summed E-state index contributed by atoms with van der Waals surface area (Å²) in [7, 11) is 3.53. The van der Waals surface area contributed by atoms with Crippen LogP contribution in [0.3, 0.4) is 0 Å². The van der Waals surface area contributed by atoms with Crippen LogP contribution in [0.1, 0.15) is 48.7 Å². The summed E-state index contributed by atoms with van der Waals surface area (Å²) in [6.45, 7) is 5.57. The molecule has 1 saturated carbocycles. The molecule has 146 valence electrons. The van der Waals surface area contributed by atoms with Gasteiger partial charge in [0.05, 0.1) is 10.9 Å². The van der Waals surface area contributed by atoms with Crippen molar-refractivity contribution in [1.29, 1.82) is 0 Å². The van der Waals surface area contributed by atoms with Crippen LogP contribution in [0.2, 0.25) is 0 Å². The lowest BCUT2D eigenvalue weighted by atomic mass is 10.1. The lowest BCUT2D eigenvalue weighted by Gasteiger charge is -2.19. The smallest absolute Gasteiger partial charge is 0.330 e. The Morgan fingerprint density at radius 2 is 2.11 bits per heavy atom. The minimum atomic E-state index is -0.560. The van der Waals surface area contributed by atoms with E-state index >= 15 is 0 Å². The molecule has 1 amide bonds. The third-order valence-corrected chi connectivity index (χ3v) is 4.79. The Morgan fingerprint density at radius 1 is 1.41 bits per heavy atom. The van der Waals surface area contributed by atoms with Gasteiger partial charge in [-0.05, 0) is 31.9 Å². The van der Waals surface area contributed by atoms with Crippen molar-refractivity contribution in [2.75, 3.05) is 27.2 Å². The van der Waals surface area contributed by atoms with Crippen LogP contribution in [0.5, 0.6) is 0 Å². The number of aromatic amines is 1. The number of carbonyl (C=O) groups is 1. The van der Waals surface area contributed by atoms with Gasteiger partial charge in [0, 0.05) is 38.3 Å². The molecule has 2 heterocycles. The first kappa shape index (κ1) is 19.3. The second kappa shape index (κ2) is 7.64. The molecule has 8 heteroatoms. The maximum Gasteiger partial charge on any atom is 0.330 e. The third kappa shape index (κ3) is 3.95. The summed E-state index contributed by atoms with van der Waals surface area (Å²) in [6.07, 6.45) is 2.03. The SMILES string of the molecule is CNCCN(C)C(=O)c1cc(C2CC2)nc2c1c(=O)[nH]c(=O)n2CC(C)C. The number of pyridine rings is 1. The van der Waals surface area contributed by atoms with E-state index in [2.05, 4.69) is 15.3 Å². The molecule has 0 saturated heterocycles. The van der Waals surface area contributed by atoms with Crippen molar-refractivity contribution in [3.8, 4) is 0 Å².